The zero-order valence-electron chi connectivity index (χ0n) is 10.9. The van der Waals surface area contributed by atoms with Gasteiger partial charge in [0.1, 0.15) is 5.82 Å². The average molecular weight is 300 g/mol. The van der Waals surface area contributed by atoms with Gasteiger partial charge in [-0.25, -0.2) is 4.39 Å². The predicted octanol–water partition coefficient (Wildman–Crippen LogP) is 4.45. The van der Waals surface area contributed by atoms with E-state index in [9.17, 15) is 9.18 Å². The summed E-state index contributed by atoms with van der Waals surface area (Å²) in [4.78, 5) is 12.7. The Labute approximate surface area is 126 Å². The quantitative estimate of drug-likeness (QED) is 0.561. The predicted molar refractivity (Wildman–Crippen MR) is 83.2 cm³/mol. The van der Waals surface area contributed by atoms with Crippen LogP contribution in [0, 0.1) is 5.82 Å². The molecule has 0 atom stereocenters. The van der Waals surface area contributed by atoms with Gasteiger partial charge in [0.15, 0.2) is 5.78 Å². The minimum Gasteiger partial charge on any atom is -0.399 e. The molecule has 0 saturated carbocycles. The molecule has 0 saturated heterocycles. The van der Waals surface area contributed by atoms with Crippen molar-refractivity contribution in [2.24, 2.45) is 0 Å². The van der Waals surface area contributed by atoms with Crippen LogP contribution in [0.15, 0.2) is 54.6 Å². The van der Waals surface area contributed by atoms with Crippen LogP contribution in [0.4, 0.5) is 10.1 Å². The normalized spacial score (nSPS) is 10.8. The monoisotopic (exact) mass is 299 g/mol. The van der Waals surface area contributed by atoms with Gasteiger partial charge in [-0.05, 0) is 35.7 Å². The van der Waals surface area contributed by atoms with E-state index in [0.717, 1.165) is 0 Å². The number of hydrogen-bond acceptors (Lipinski definition) is 2. The van der Waals surface area contributed by atoms with E-state index in [0.29, 0.717) is 32.6 Å². The first-order valence-corrected chi connectivity index (χ1v) is 6.72. The van der Waals surface area contributed by atoms with Crippen LogP contribution in [0.5, 0.6) is 0 Å². The summed E-state index contributed by atoms with van der Waals surface area (Å²) in [6, 6.07) is 14.3. The van der Waals surface area contributed by atoms with Gasteiger partial charge in [-0.2, -0.15) is 0 Å². The summed E-state index contributed by atoms with van der Waals surface area (Å²) in [6.45, 7) is 0. The van der Waals surface area contributed by atoms with Crippen LogP contribution < -0.4 is 5.73 Å². The van der Waals surface area contributed by atoms with Crippen molar-refractivity contribution in [3.05, 3.63) is 76.6 Å². The maximum atomic E-state index is 13.8. The van der Waals surface area contributed by atoms with Gasteiger partial charge in [0.05, 0.1) is 5.02 Å². The van der Waals surface area contributed by atoms with E-state index < -0.39 is 0 Å². The molecule has 2 nitrogen and oxygen atoms in total. The molecule has 3 aromatic rings. The van der Waals surface area contributed by atoms with Crippen LogP contribution in [-0.2, 0) is 0 Å². The van der Waals surface area contributed by atoms with Gasteiger partial charge in [-0.15, -0.1) is 0 Å². The van der Waals surface area contributed by atoms with Crippen LogP contribution in [0.2, 0.25) is 5.02 Å². The smallest absolute Gasteiger partial charge is 0.195 e. The number of ketones is 1. The number of halogens is 2. The Balaban J connectivity index is 2.23. The lowest BCUT2D eigenvalue weighted by atomic mass is 9.96. The third kappa shape index (κ3) is 2.36. The lowest BCUT2D eigenvalue weighted by Crippen LogP contribution is -2.04. The summed E-state index contributed by atoms with van der Waals surface area (Å²) < 4.78 is 13.8. The number of fused-ring (bicyclic) bond motifs is 1. The van der Waals surface area contributed by atoms with Crippen molar-refractivity contribution in [1.29, 1.82) is 0 Å². The highest BCUT2D eigenvalue weighted by Gasteiger charge is 2.17. The number of rotatable bonds is 2. The molecule has 21 heavy (non-hydrogen) atoms. The topological polar surface area (TPSA) is 43.1 Å². The number of benzene rings is 3. The molecular formula is C17H11ClFNO. The average Bonchev–Trinajstić information content (AvgIpc) is 2.50. The molecule has 0 bridgehead atoms. The first-order valence-electron chi connectivity index (χ1n) is 6.35. The van der Waals surface area contributed by atoms with Crippen LogP contribution in [0.25, 0.3) is 10.8 Å². The molecule has 0 aliphatic carbocycles. The highest BCUT2D eigenvalue weighted by Crippen LogP contribution is 2.27. The maximum Gasteiger partial charge on any atom is 0.195 e. The molecule has 0 aliphatic heterocycles. The summed E-state index contributed by atoms with van der Waals surface area (Å²) in [5.74, 6) is -0.635. The molecule has 2 N–H and O–H groups in total. The van der Waals surface area contributed by atoms with Crippen molar-refractivity contribution in [2.75, 3.05) is 5.73 Å². The number of carbonyl (C=O) groups excluding carboxylic acids is 1. The molecule has 3 aromatic carbocycles. The summed E-state index contributed by atoms with van der Waals surface area (Å²) >= 11 is 6.07. The molecule has 0 radical (unpaired) electrons. The summed E-state index contributed by atoms with van der Waals surface area (Å²) in [5, 5.41) is 1.28. The summed E-state index contributed by atoms with van der Waals surface area (Å²) in [7, 11) is 0. The van der Waals surface area contributed by atoms with E-state index >= 15 is 0 Å². The van der Waals surface area contributed by atoms with Crippen molar-refractivity contribution >= 4 is 33.8 Å². The van der Waals surface area contributed by atoms with E-state index in [2.05, 4.69) is 0 Å². The van der Waals surface area contributed by atoms with Gasteiger partial charge >= 0.3 is 0 Å². The summed E-state index contributed by atoms with van der Waals surface area (Å²) in [5.41, 5.74) is 6.88. The number of anilines is 1. The first-order chi connectivity index (χ1) is 10.1. The van der Waals surface area contributed by atoms with Crippen molar-refractivity contribution in [2.45, 2.75) is 0 Å². The fraction of sp³-hybridized carbons (Fsp3) is 0. The number of nitrogens with two attached hydrogens (primary N) is 1. The van der Waals surface area contributed by atoms with Gasteiger partial charge < -0.3 is 5.73 Å². The number of carbonyl (C=O) groups is 1. The summed E-state index contributed by atoms with van der Waals surface area (Å²) in [6.07, 6.45) is 0. The van der Waals surface area contributed by atoms with Crippen molar-refractivity contribution in [1.82, 2.24) is 0 Å². The second kappa shape index (κ2) is 5.19. The molecule has 4 heteroatoms. The zero-order chi connectivity index (χ0) is 15.0. The van der Waals surface area contributed by atoms with E-state index in [4.69, 9.17) is 17.3 Å². The zero-order valence-corrected chi connectivity index (χ0v) is 11.7. The van der Waals surface area contributed by atoms with Crippen molar-refractivity contribution < 1.29 is 9.18 Å². The van der Waals surface area contributed by atoms with Gasteiger partial charge in [-0.3, -0.25) is 4.79 Å². The van der Waals surface area contributed by atoms with Crippen molar-refractivity contribution in [3.8, 4) is 0 Å². The Morgan fingerprint density at radius 2 is 1.67 bits per heavy atom. The largest absolute Gasteiger partial charge is 0.399 e. The Morgan fingerprint density at radius 3 is 2.43 bits per heavy atom. The maximum absolute atomic E-state index is 13.8. The second-order valence-corrected chi connectivity index (χ2v) is 5.12. The molecule has 0 fully saturated rings. The minimum absolute atomic E-state index is 0.275. The van der Waals surface area contributed by atoms with Crippen LogP contribution in [-0.4, -0.2) is 5.78 Å². The Hall–Kier alpha value is -2.39. The van der Waals surface area contributed by atoms with Gasteiger partial charge in [0.25, 0.3) is 0 Å². The van der Waals surface area contributed by atoms with E-state index in [1.54, 1.807) is 36.4 Å². The van der Waals surface area contributed by atoms with Crippen molar-refractivity contribution in [3.63, 3.8) is 0 Å². The van der Waals surface area contributed by atoms with Crippen LogP contribution in [0.3, 0.4) is 0 Å². The van der Waals surface area contributed by atoms with Crippen LogP contribution in [0.1, 0.15) is 15.9 Å². The second-order valence-electron chi connectivity index (χ2n) is 4.71. The van der Waals surface area contributed by atoms with E-state index in [-0.39, 0.29) is 11.6 Å². The number of hydrogen-bond donors (Lipinski definition) is 1. The molecule has 0 aromatic heterocycles. The number of nitrogen functional groups attached to an aromatic ring is 1. The molecule has 104 valence electrons. The van der Waals surface area contributed by atoms with E-state index in [1.165, 1.54) is 18.2 Å². The highest BCUT2D eigenvalue weighted by molar-refractivity contribution is 6.35. The van der Waals surface area contributed by atoms with Gasteiger partial charge in [0.2, 0.25) is 0 Å². The van der Waals surface area contributed by atoms with Gasteiger partial charge in [0, 0.05) is 22.2 Å². The minimum atomic E-state index is -0.360. The molecule has 0 heterocycles. The lowest BCUT2D eigenvalue weighted by Gasteiger charge is -2.08. The van der Waals surface area contributed by atoms with Crippen LogP contribution >= 0.6 is 11.6 Å². The molecule has 3 rings (SSSR count). The standard InChI is InChI=1S/C17H11ClFNO/c18-15-7-5-10(20)9-14(15)17(21)13-6-8-16(19)12-4-2-1-3-11(12)13/h1-9H,20H2. The Bertz CT molecular complexity index is 861. The molecule has 0 spiro atoms. The Kier molecular flexibility index (Phi) is 3.35. The molecule has 0 amide bonds. The fourth-order valence-electron chi connectivity index (χ4n) is 2.32. The molecular weight excluding hydrogens is 289 g/mol. The molecule has 0 unspecified atom stereocenters. The van der Waals surface area contributed by atoms with E-state index in [1.807, 2.05) is 0 Å². The molecule has 0 aliphatic rings. The third-order valence-corrected chi connectivity index (χ3v) is 3.68. The highest BCUT2D eigenvalue weighted by atomic mass is 35.5. The SMILES string of the molecule is Nc1ccc(Cl)c(C(=O)c2ccc(F)c3ccccc23)c1. The Morgan fingerprint density at radius 1 is 0.952 bits per heavy atom. The van der Waals surface area contributed by atoms with Gasteiger partial charge in [-0.1, -0.05) is 35.9 Å². The fourth-order valence-corrected chi connectivity index (χ4v) is 2.53. The lowest BCUT2D eigenvalue weighted by molar-refractivity contribution is 0.104. The third-order valence-electron chi connectivity index (χ3n) is 3.35. The first kappa shape index (κ1) is 13.6.